The average Bonchev–Trinajstić information content (AvgIpc) is 3.31. The predicted molar refractivity (Wildman–Crippen MR) is 111 cm³/mol. The Kier molecular flexibility index (Phi) is 5.04. The van der Waals surface area contributed by atoms with Crippen LogP contribution in [0, 0.1) is 0 Å². The molecule has 28 heavy (non-hydrogen) atoms. The Labute approximate surface area is 175 Å². The van der Waals surface area contributed by atoms with Crippen molar-refractivity contribution in [3.05, 3.63) is 44.8 Å². The Morgan fingerprint density at radius 2 is 2.11 bits per heavy atom. The molecule has 1 aliphatic heterocycles. The summed E-state index contributed by atoms with van der Waals surface area (Å²) < 4.78 is 26.6. The summed E-state index contributed by atoms with van der Waals surface area (Å²) in [5.74, 6) is 0.180. The number of carbonyl (C=O) groups excluding carboxylic acids is 1. The van der Waals surface area contributed by atoms with E-state index in [9.17, 15) is 13.2 Å². The summed E-state index contributed by atoms with van der Waals surface area (Å²) >= 11 is 8.77. The molecule has 3 aromatic rings. The van der Waals surface area contributed by atoms with Crippen LogP contribution in [-0.2, 0) is 10.0 Å². The lowest BCUT2D eigenvalue weighted by Crippen LogP contribution is -2.48. The van der Waals surface area contributed by atoms with Crippen molar-refractivity contribution in [1.82, 2.24) is 19.1 Å². The highest BCUT2D eigenvalue weighted by molar-refractivity contribution is 7.88. The van der Waals surface area contributed by atoms with E-state index in [1.807, 2.05) is 24.1 Å². The topological polar surface area (TPSA) is 88.4 Å². The highest BCUT2D eigenvalue weighted by Gasteiger charge is 2.37. The predicted octanol–water partition coefficient (Wildman–Crippen LogP) is 2.87. The van der Waals surface area contributed by atoms with E-state index in [2.05, 4.69) is 10.1 Å². The Morgan fingerprint density at radius 3 is 2.68 bits per heavy atom. The number of hydrogen-bond donors (Lipinski definition) is 0. The van der Waals surface area contributed by atoms with E-state index in [-0.39, 0.29) is 11.8 Å². The van der Waals surface area contributed by atoms with Gasteiger partial charge < -0.3 is 4.90 Å². The van der Waals surface area contributed by atoms with E-state index in [1.54, 1.807) is 17.0 Å². The third-order valence-corrected chi connectivity index (χ3v) is 7.65. The molecule has 1 aliphatic rings. The molecule has 0 radical (unpaired) electrons. The number of nitrogens with zero attached hydrogens (tertiary/aromatic N) is 5. The molecule has 0 atom stereocenters. The van der Waals surface area contributed by atoms with Gasteiger partial charge in [-0.2, -0.15) is 9.78 Å². The van der Waals surface area contributed by atoms with Crippen molar-refractivity contribution in [2.75, 3.05) is 31.3 Å². The maximum atomic E-state index is 12.9. The SMILES string of the molecule is CN(c1ccc(Cl)s1)c1cc(C2CN(S(C)(=O)=O)C2)nn1C(=O)c1cscn1. The standard InChI is InChI=1S/C16H16ClN5O3S3/c1-20(15-4-3-13(17)27-15)14-5-11(10-6-21(7-10)28(2,24)25)19-22(14)16(23)12-8-26-9-18-12/h3-5,8-10H,6-7H2,1-2H3. The summed E-state index contributed by atoms with van der Waals surface area (Å²) in [7, 11) is -1.39. The second-order valence-corrected chi connectivity index (χ2v) is 10.8. The molecule has 4 rings (SSSR count). The molecule has 148 valence electrons. The maximum absolute atomic E-state index is 12.9. The summed E-state index contributed by atoms with van der Waals surface area (Å²) in [6, 6.07) is 5.48. The van der Waals surface area contributed by atoms with Gasteiger partial charge >= 0.3 is 0 Å². The van der Waals surface area contributed by atoms with Gasteiger partial charge in [0.05, 0.1) is 26.8 Å². The fourth-order valence-electron chi connectivity index (χ4n) is 2.90. The molecule has 0 unspecified atom stereocenters. The summed E-state index contributed by atoms with van der Waals surface area (Å²) in [6.07, 6.45) is 1.19. The fourth-order valence-corrected chi connectivity index (χ4v) is 5.33. The van der Waals surface area contributed by atoms with Gasteiger partial charge in [-0.05, 0) is 12.1 Å². The summed E-state index contributed by atoms with van der Waals surface area (Å²) in [5.41, 5.74) is 2.58. The van der Waals surface area contributed by atoms with Crippen LogP contribution >= 0.6 is 34.3 Å². The molecule has 0 saturated carbocycles. The minimum atomic E-state index is -3.22. The van der Waals surface area contributed by atoms with E-state index in [0.717, 1.165) is 5.00 Å². The van der Waals surface area contributed by atoms with Crippen molar-refractivity contribution in [2.24, 2.45) is 0 Å². The molecule has 3 aromatic heterocycles. The highest BCUT2D eigenvalue weighted by atomic mass is 35.5. The first-order valence-electron chi connectivity index (χ1n) is 8.21. The number of hydrogen-bond acceptors (Lipinski definition) is 8. The molecular formula is C16H16ClN5O3S3. The Morgan fingerprint density at radius 1 is 1.36 bits per heavy atom. The third-order valence-electron chi connectivity index (χ3n) is 4.52. The molecule has 0 bridgehead atoms. The lowest BCUT2D eigenvalue weighted by Gasteiger charge is -2.36. The van der Waals surface area contributed by atoms with E-state index in [4.69, 9.17) is 11.6 Å². The molecular weight excluding hydrogens is 442 g/mol. The van der Waals surface area contributed by atoms with Crippen LogP contribution in [-0.4, -0.2) is 59.8 Å². The van der Waals surface area contributed by atoms with E-state index in [0.29, 0.717) is 34.6 Å². The van der Waals surface area contributed by atoms with Gasteiger partial charge in [0.2, 0.25) is 10.0 Å². The zero-order chi connectivity index (χ0) is 20.1. The maximum Gasteiger partial charge on any atom is 0.299 e. The minimum Gasteiger partial charge on any atom is -0.321 e. The van der Waals surface area contributed by atoms with Gasteiger partial charge in [-0.25, -0.2) is 17.7 Å². The molecule has 0 aliphatic carbocycles. The largest absolute Gasteiger partial charge is 0.321 e. The minimum absolute atomic E-state index is 0.0571. The zero-order valence-corrected chi connectivity index (χ0v) is 18.1. The number of carbonyl (C=O) groups is 1. The number of thiophene rings is 1. The molecule has 1 saturated heterocycles. The van der Waals surface area contributed by atoms with Gasteiger partial charge in [-0.3, -0.25) is 4.79 Å². The number of aromatic nitrogens is 3. The van der Waals surface area contributed by atoms with Crippen LogP contribution < -0.4 is 4.90 Å². The van der Waals surface area contributed by atoms with Gasteiger partial charge in [0.25, 0.3) is 5.91 Å². The van der Waals surface area contributed by atoms with Crippen molar-refractivity contribution in [3.63, 3.8) is 0 Å². The van der Waals surface area contributed by atoms with Crippen LogP contribution in [0.1, 0.15) is 22.1 Å². The van der Waals surface area contributed by atoms with Gasteiger partial charge in [-0.15, -0.1) is 22.7 Å². The first kappa shape index (κ1) is 19.5. The van der Waals surface area contributed by atoms with E-state index >= 15 is 0 Å². The molecule has 0 amide bonds. The number of halogens is 1. The zero-order valence-electron chi connectivity index (χ0n) is 14.9. The second-order valence-electron chi connectivity index (χ2n) is 6.43. The van der Waals surface area contributed by atoms with Gasteiger partial charge in [-0.1, -0.05) is 11.6 Å². The molecule has 12 heteroatoms. The third kappa shape index (κ3) is 3.60. The number of sulfonamides is 1. The number of anilines is 2. The molecule has 0 N–H and O–H groups in total. The van der Waals surface area contributed by atoms with Crippen LogP contribution in [0.5, 0.6) is 0 Å². The number of rotatable bonds is 5. The Hall–Kier alpha value is -1.79. The molecule has 4 heterocycles. The van der Waals surface area contributed by atoms with Crippen LogP contribution in [0.3, 0.4) is 0 Å². The lowest BCUT2D eigenvalue weighted by molar-refractivity contribution is 0.0941. The molecule has 1 fully saturated rings. The van der Waals surface area contributed by atoms with Crippen molar-refractivity contribution < 1.29 is 13.2 Å². The second kappa shape index (κ2) is 7.23. The average molecular weight is 458 g/mol. The Balaban J connectivity index is 1.69. The van der Waals surface area contributed by atoms with Crippen LogP contribution in [0.25, 0.3) is 0 Å². The Bertz CT molecular complexity index is 1120. The van der Waals surface area contributed by atoms with Crippen molar-refractivity contribution in [2.45, 2.75) is 5.92 Å². The quantitative estimate of drug-likeness (QED) is 0.585. The van der Waals surface area contributed by atoms with Gasteiger partial charge in [0.1, 0.15) is 11.5 Å². The van der Waals surface area contributed by atoms with E-state index in [1.165, 1.54) is 37.9 Å². The van der Waals surface area contributed by atoms with Crippen molar-refractivity contribution >= 4 is 61.0 Å². The van der Waals surface area contributed by atoms with Crippen LogP contribution in [0.2, 0.25) is 4.34 Å². The molecule has 0 spiro atoms. The lowest BCUT2D eigenvalue weighted by atomic mass is 10.00. The summed E-state index contributed by atoms with van der Waals surface area (Å²) in [5, 5.41) is 7.03. The highest BCUT2D eigenvalue weighted by Crippen LogP contribution is 2.36. The van der Waals surface area contributed by atoms with Crippen LogP contribution in [0.4, 0.5) is 10.8 Å². The molecule has 0 aromatic carbocycles. The monoisotopic (exact) mass is 457 g/mol. The van der Waals surface area contributed by atoms with Crippen molar-refractivity contribution in [3.8, 4) is 0 Å². The number of thiazole rings is 1. The summed E-state index contributed by atoms with van der Waals surface area (Å²) in [4.78, 5) is 18.8. The molecule has 8 nitrogen and oxygen atoms in total. The van der Waals surface area contributed by atoms with Gasteiger partial charge in [0.15, 0.2) is 0 Å². The summed E-state index contributed by atoms with van der Waals surface area (Å²) in [6.45, 7) is 0.712. The van der Waals surface area contributed by atoms with Crippen molar-refractivity contribution in [1.29, 1.82) is 0 Å². The fraction of sp³-hybridized carbons (Fsp3) is 0.312. The normalized spacial score (nSPS) is 15.5. The smallest absolute Gasteiger partial charge is 0.299 e. The van der Waals surface area contributed by atoms with E-state index < -0.39 is 10.0 Å². The van der Waals surface area contributed by atoms with Gasteiger partial charge in [0, 0.05) is 37.5 Å². The van der Waals surface area contributed by atoms with Crippen LogP contribution in [0.15, 0.2) is 29.1 Å². The first-order chi connectivity index (χ1) is 13.2. The first-order valence-corrected chi connectivity index (χ1v) is 12.2.